The van der Waals surface area contributed by atoms with Gasteiger partial charge in [0.05, 0.1) is 16.5 Å². The van der Waals surface area contributed by atoms with Gasteiger partial charge in [0.15, 0.2) is 0 Å². The molecule has 0 saturated carbocycles. The predicted molar refractivity (Wildman–Crippen MR) is 268 cm³/mol. The highest BCUT2D eigenvalue weighted by atomic mass is 15.1. The first-order valence-corrected chi connectivity index (χ1v) is 21.3. The number of aromatic nitrogens is 1. The smallest absolute Gasteiger partial charge is 0.0645 e. The summed E-state index contributed by atoms with van der Waals surface area (Å²) in [4.78, 5) is 4.14. The Morgan fingerprint density at radius 2 is 0.746 bits per heavy atom. The molecule has 11 aromatic carbocycles. The maximum Gasteiger partial charge on any atom is 0.0645 e. The Kier molecular flexibility index (Phi) is 7.84. The van der Waals surface area contributed by atoms with Gasteiger partial charge in [0, 0.05) is 50.6 Å². The number of benzene rings is 11. The van der Waals surface area contributed by atoms with Crippen LogP contribution in [0.1, 0.15) is 5.48 Å². The minimum absolute atomic E-state index is 0.0977. The summed E-state index contributed by atoms with van der Waals surface area (Å²) in [5.74, 6) is 0. The van der Waals surface area contributed by atoms with Gasteiger partial charge in [0.25, 0.3) is 0 Å². The zero-order chi connectivity index (χ0) is 45.2. The summed E-state index contributed by atoms with van der Waals surface area (Å²) in [7, 11) is 0. The largest absolute Gasteiger partial charge is 0.310 e. The molecule has 0 radical (unpaired) electrons. The topological polar surface area (TPSA) is 11.4 Å². The zero-order valence-electron chi connectivity index (χ0n) is 38.2. The summed E-state index contributed by atoms with van der Waals surface area (Å²) < 4.78 is 40.2. The molecule has 0 amide bonds. The highest BCUT2D eigenvalue weighted by molar-refractivity contribution is 6.10. The second-order valence-electron chi connectivity index (χ2n) is 15.9. The van der Waals surface area contributed by atoms with E-state index in [-0.39, 0.29) is 35.4 Å². The Morgan fingerprint density at radius 1 is 0.286 bits per heavy atom. The lowest BCUT2D eigenvalue weighted by Gasteiger charge is -2.26. The number of hydrogen-bond donors (Lipinski definition) is 0. The van der Waals surface area contributed by atoms with E-state index in [4.69, 9.17) is 0 Å². The van der Waals surface area contributed by atoms with E-state index in [2.05, 4.69) is 143 Å². The van der Waals surface area contributed by atoms with Crippen LogP contribution in [0.2, 0.25) is 0 Å². The van der Waals surface area contributed by atoms with Gasteiger partial charge in [0.1, 0.15) is 0 Å². The molecule has 63 heavy (non-hydrogen) atoms. The third-order valence-corrected chi connectivity index (χ3v) is 12.1. The van der Waals surface area contributed by atoms with Crippen molar-refractivity contribution in [3.63, 3.8) is 0 Å². The molecule has 0 saturated heterocycles. The summed E-state index contributed by atoms with van der Waals surface area (Å²) in [6.07, 6.45) is 0. The van der Waals surface area contributed by atoms with Crippen LogP contribution in [0.3, 0.4) is 0 Å². The standard InChI is InChI=1S/C60H41N3/c1-3-17-50(18-4-1)61(53-32-27-42-13-7-9-15-45(42)38-53)52-30-25-44(26-31-52)47-23-24-49-40-55(34-29-48(49)37-47)62(54-33-28-43-14-8-10-16-46(43)39-54)56-35-36-58-57-21-11-12-22-59(57)63(60(58)41-56)51-19-5-2-6-20-51/h1-41H/i25D,26D,30D,31D. The van der Waals surface area contributed by atoms with E-state index in [1.807, 2.05) is 95.9 Å². The van der Waals surface area contributed by atoms with Gasteiger partial charge < -0.3 is 14.4 Å². The molecule has 0 spiro atoms. The molecule has 12 aromatic rings. The van der Waals surface area contributed by atoms with Crippen LogP contribution in [0, 0.1) is 0 Å². The maximum atomic E-state index is 9.47. The predicted octanol–water partition coefficient (Wildman–Crippen LogP) is 16.8. The van der Waals surface area contributed by atoms with E-state index in [0.717, 1.165) is 72.1 Å². The van der Waals surface area contributed by atoms with Crippen molar-refractivity contribution in [2.75, 3.05) is 9.80 Å². The van der Waals surface area contributed by atoms with E-state index < -0.39 is 0 Å². The highest BCUT2D eigenvalue weighted by Gasteiger charge is 2.19. The van der Waals surface area contributed by atoms with Gasteiger partial charge in [-0.3, -0.25) is 0 Å². The Morgan fingerprint density at radius 3 is 1.41 bits per heavy atom. The number of nitrogens with zero attached hydrogens (tertiary/aromatic N) is 3. The third-order valence-electron chi connectivity index (χ3n) is 12.1. The molecule has 3 nitrogen and oxygen atoms in total. The van der Waals surface area contributed by atoms with Gasteiger partial charge in [-0.25, -0.2) is 0 Å². The molecule has 0 aliphatic carbocycles. The van der Waals surface area contributed by atoms with Crippen LogP contribution in [0.4, 0.5) is 34.1 Å². The van der Waals surface area contributed by atoms with Crippen molar-refractivity contribution in [2.45, 2.75) is 0 Å². The van der Waals surface area contributed by atoms with Crippen LogP contribution in [-0.2, 0) is 0 Å². The van der Waals surface area contributed by atoms with E-state index in [0.29, 0.717) is 5.56 Å². The molecule has 0 N–H and O–H groups in total. The fourth-order valence-corrected chi connectivity index (χ4v) is 9.11. The number of fused-ring (bicyclic) bond motifs is 6. The van der Waals surface area contributed by atoms with Gasteiger partial charge >= 0.3 is 0 Å². The lowest BCUT2D eigenvalue weighted by Crippen LogP contribution is -2.10. The van der Waals surface area contributed by atoms with E-state index in [1.54, 1.807) is 0 Å². The Balaban J connectivity index is 0.981. The normalized spacial score (nSPS) is 12.4. The zero-order valence-corrected chi connectivity index (χ0v) is 34.2. The number of para-hydroxylation sites is 3. The summed E-state index contributed by atoms with van der Waals surface area (Å²) in [5, 5.41) is 8.67. The van der Waals surface area contributed by atoms with Crippen LogP contribution < -0.4 is 9.80 Å². The molecule has 0 bridgehead atoms. The SMILES string of the molecule is [2H]c1c([2H])c(N(c2ccccc2)c2ccc3ccccc3c2)c([2H])c([2H])c1-c1ccc2cc(N(c3ccc4ccccc4c3)c3ccc4c5ccccc5n(-c5ccccc5)c4c3)ccc2c1. The second-order valence-corrected chi connectivity index (χ2v) is 15.9. The van der Waals surface area contributed by atoms with Crippen LogP contribution in [0.25, 0.3) is 70.9 Å². The van der Waals surface area contributed by atoms with E-state index in [1.165, 1.54) is 16.2 Å². The van der Waals surface area contributed by atoms with Crippen molar-refractivity contribution in [3.05, 3.63) is 249 Å². The average molecular weight is 808 g/mol. The van der Waals surface area contributed by atoms with Gasteiger partial charge in [-0.2, -0.15) is 0 Å². The lowest BCUT2D eigenvalue weighted by atomic mass is 10.00. The molecule has 296 valence electrons. The van der Waals surface area contributed by atoms with Crippen molar-refractivity contribution in [1.29, 1.82) is 0 Å². The second kappa shape index (κ2) is 15.3. The minimum atomic E-state index is -0.113. The molecule has 1 aromatic heterocycles. The average Bonchev–Trinajstić information content (AvgIpc) is 3.71. The number of rotatable bonds is 8. The van der Waals surface area contributed by atoms with Crippen molar-refractivity contribution in [2.24, 2.45) is 0 Å². The van der Waals surface area contributed by atoms with Crippen molar-refractivity contribution >= 4 is 88.2 Å². The molecular weight excluding hydrogens is 763 g/mol. The summed E-state index contributed by atoms with van der Waals surface area (Å²) in [6, 6.07) is 76.4. The number of anilines is 6. The quantitative estimate of drug-likeness (QED) is 0.151. The first-order chi connectivity index (χ1) is 32.9. The van der Waals surface area contributed by atoms with Crippen LogP contribution in [0.15, 0.2) is 249 Å². The molecule has 0 fully saturated rings. The van der Waals surface area contributed by atoms with Crippen LogP contribution >= 0.6 is 0 Å². The van der Waals surface area contributed by atoms with E-state index in [9.17, 15) is 5.48 Å². The maximum absolute atomic E-state index is 9.47. The van der Waals surface area contributed by atoms with Crippen molar-refractivity contribution < 1.29 is 5.48 Å². The van der Waals surface area contributed by atoms with Crippen LogP contribution in [0.5, 0.6) is 0 Å². The Labute approximate surface area is 372 Å². The first kappa shape index (κ1) is 32.4. The highest BCUT2D eigenvalue weighted by Crippen LogP contribution is 2.42. The Bertz CT molecular complexity index is 3860. The number of hydrogen-bond acceptors (Lipinski definition) is 2. The van der Waals surface area contributed by atoms with Gasteiger partial charge in [-0.15, -0.1) is 0 Å². The van der Waals surface area contributed by atoms with Crippen molar-refractivity contribution in [1.82, 2.24) is 4.57 Å². The summed E-state index contributed by atoms with van der Waals surface area (Å²) >= 11 is 0. The van der Waals surface area contributed by atoms with E-state index >= 15 is 0 Å². The summed E-state index contributed by atoms with van der Waals surface area (Å²) in [5.41, 5.74) is 8.92. The molecule has 12 rings (SSSR count). The minimum Gasteiger partial charge on any atom is -0.310 e. The fourth-order valence-electron chi connectivity index (χ4n) is 9.11. The fraction of sp³-hybridized carbons (Fsp3) is 0. The first-order valence-electron chi connectivity index (χ1n) is 23.3. The lowest BCUT2D eigenvalue weighted by molar-refractivity contribution is 1.18. The monoisotopic (exact) mass is 807 g/mol. The van der Waals surface area contributed by atoms with Gasteiger partial charge in [-0.05, 0) is 140 Å². The third kappa shape index (κ3) is 6.55. The van der Waals surface area contributed by atoms with Gasteiger partial charge in [0.2, 0.25) is 0 Å². The van der Waals surface area contributed by atoms with Crippen LogP contribution in [-0.4, -0.2) is 4.57 Å². The molecule has 0 aliphatic heterocycles. The molecule has 0 unspecified atom stereocenters. The molecule has 0 atom stereocenters. The van der Waals surface area contributed by atoms with Crippen molar-refractivity contribution in [3.8, 4) is 16.8 Å². The Hall–Kier alpha value is -8.40. The molecule has 3 heteroatoms. The summed E-state index contributed by atoms with van der Waals surface area (Å²) in [6.45, 7) is 0. The molecular formula is C60H41N3. The molecule has 0 aliphatic rings. The molecule has 1 heterocycles. The van der Waals surface area contributed by atoms with Gasteiger partial charge in [-0.1, -0.05) is 152 Å².